The summed E-state index contributed by atoms with van der Waals surface area (Å²) < 4.78 is 16.8. The lowest BCUT2D eigenvalue weighted by Gasteiger charge is -2.28. The van der Waals surface area contributed by atoms with Crippen LogP contribution in [0.25, 0.3) is 0 Å². The van der Waals surface area contributed by atoms with Crippen molar-refractivity contribution >= 4 is 17.6 Å². The lowest BCUT2D eigenvalue weighted by molar-refractivity contribution is -0.142. The van der Waals surface area contributed by atoms with Crippen LogP contribution < -0.4 is 10.1 Å². The fourth-order valence-electron chi connectivity index (χ4n) is 3.00. The highest BCUT2D eigenvalue weighted by molar-refractivity contribution is 6.00. The van der Waals surface area contributed by atoms with Crippen molar-refractivity contribution in [3.05, 3.63) is 23.8 Å². The predicted molar refractivity (Wildman–Crippen MR) is 109 cm³/mol. The molecule has 1 aliphatic carbocycles. The van der Waals surface area contributed by atoms with E-state index in [9.17, 15) is 9.59 Å². The molecule has 1 amide bonds. The maximum absolute atomic E-state index is 12.9. The van der Waals surface area contributed by atoms with Crippen LogP contribution >= 0.6 is 0 Å². The van der Waals surface area contributed by atoms with Crippen LogP contribution in [0, 0.1) is 5.92 Å². The van der Waals surface area contributed by atoms with Crippen molar-refractivity contribution in [2.75, 3.05) is 25.1 Å². The average molecular weight is 392 g/mol. The Labute approximate surface area is 167 Å². The normalized spacial score (nSPS) is 15.6. The second-order valence-corrected chi connectivity index (χ2v) is 7.32. The highest BCUT2D eigenvalue weighted by atomic mass is 16.5. The van der Waals surface area contributed by atoms with Gasteiger partial charge in [0.25, 0.3) is 5.91 Å². The third-order valence-electron chi connectivity index (χ3n) is 4.90. The molecule has 1 N–H and O–H groups in total. The Balaban J connectivity index is 2.18. The van der Waals surface area contributed by atoms with Gasteiger partial charge in [0, 0.05) is 12.3 Å². The van der Waals surface area contributed by atoms with Crippen molar-refractivity contribution in [2.24, 2.45) is 5.92 Å². The van der Waals surface area contributed by atoms with Crippen molar-refractivity contribution in [2.45, 2.75) is 65.4 Å². The van der Waals surface area contributed by atoms with Crippen LogP contribution in [-0.4, -0.2) is 37.3 Å². The summed E-state index contributed by atoms with van der Waals surface area (Å²) in [6, 6.07) is 5.07. The molecule has 28 heavy (non-hydrogen) atoms. The van der Waals surface area contributed by atoms with Gasteiger partial charge in [0.05, 0.1) is 13.2 Å². The van der Waals surface area contributed by atoms with Gasteiger partial charge in [-0.25, -0.2) is 4.79 Å². The van der Waals surface area contributed by atoms with Crippen molar-refractivity contribution in [3.8, 4) is 5.75 Å². The summed E-state index contributed by atoms with van der Waals surface area (Å²) in [5.74, 6) is 0.0625. The molecule has 6 nitrogen and oxygen atoms in total. The highest BCUT2D eigenvalue weighted by Crippen LogP contribution is 2.42. The summed E-state index contributed by atoms with van der Waals surface area (Å²) in [6.07, 6.45) is 4.74. The fraction of sp³-hybridized carbons (Fsp3) is 0.636. The summed E-state index contributed by atoms with van der Waals surface area (Å²) in [5, 5.41) is 2.92. The van der Waals surface area contributed by atoms with Gasteiger partial charge in [-0.3, -0.25) is 4.79 Å². The maximum atomic E-state index is 12.9. The molecule has 1 saturated carbocycles. The fourth-order valence-corrected chi connectivity index (χ4v) is 3.00. The number of carbonyl (C=O) groups excluding carboxylic acids is 2. The topological polar surface area (TPSA) is 73.9 Å². The van der Waals surface area contributed by atoms with E-state index in [1.54, 1.807) is 25.1 Å². The van der Waals surface area contributed by atoms with E-state index in [-0.39, 0.29) is 18.4 Å². The molecule has 1 aromatic rings. The van der Waals surface area contributed by atoms with Gasteiger partial charge in [-0.2, -0.15) is 0 Å². The molecule has 0 saturated heterocycles. The van der Waals surface area contributed by atoms with Crippen molar-refractivity contribution in [3.63, 3.8) is 0 Å². The Morgan fingerprint density at radius 1 is 1.14 bits per heavy atom. The first kappa shape index (κ1) is 22.2. The first-order valence-electron chi connectivity index (χ1n) is 10.4. The molecule has 1 fully saturated rings. The zero-order chi connectivity index (χ0) is 20.6. The molecule has 0 radical (unpaired) electrons. The third kappa shape index (κ3) is 5.71. The van der Waals surface area contributed by atoms with Gasteiger partial charge in [0.1, 0.15) is 16.9 Å². The Morgan fingerprint density at radius 2 is 1.89 bits per heavy atom. The Bertz CT molecular complexity index is 671. The number of ether oxygens (including phenoxy) is 3. The van der Waals surface area contributed by atoms with Crippen LogP contribution in [0.1, 0.15) is 70.2 Å². The number of hydrogen-bond donors (Lipinski definition) is 1. The molecule has 0 aromatic heterocycles. The summed E-state index contributed by atoms with van der Waals surface area (Å²) in [6.45, 7) is 9.05. The molecular weight excluding hydrogens is 358 g/mol. The van der Waals surface area contributed by atoms with E-state index in [1.807, 2.05) is 13.8 Å². The summed E-state index contributed by atoms with van der Waals surface area (Å²) in [7, 11) is 0. The number of nitrogens with one attached hydrogen (secondary N) is 1. The monoisotopic (exact) mass is 391 g/mol. The summed E-state index contributed by atoms with van der Waals surface area (Å²) >= 11 is 0. The first-order valence-corrected chi connectivity index (χ1v) is 10.4. The van der Waals surface area contributed by atoms with Crippen LogP contribution in [0.5, 0.6) is 5.75 Å². The number of unbranched alkanes of at least 4 members (excludes halogenated alkanes) is 1. The number of anilines is 1. The van der Waals surface area contributed by atoms with E-state index in [2.05, 4.69) is 12.2 Å². The number of amides is 1. The van der Waals surface area contributed by atoms with Gasteiger partial charge in [-0.15, -0.1) is 0 Å². The molecule has 0 heterocycles. The van der Waals surface area contributed by atoms with Crippen LogP contribution in [0.15, 0.2) is 18.2 Å². The van der Waals surface area contributed by atoms with E-state index >= 15 is 0 Å². The maximum Gasteiger partial charge on any atom is 0.341 e. The molecule has 2 rings (SSSR count). The van der Waals surface area contributed by atoms with Gasteiger partial charge < -0.3 is 19.5 Å². The minimum atomic E-state index is -0.851. The molecule has 0 spiro atoms. The molecule has 0 unspecified atom stereocenters. The number of carbonyl (C=O) groups is 2. The van der Waals surface area contributed by atoms with Gasteiger partial charge in [-0.1, -0.05) is 20.3 Å². The zero-order valence-corrected chi connectivity index (χ0v) is 17.5. The standard InChI is InChI=1S/C22H33NO5/c1-5-8-14-27-19-12-11-17(15-18(19)20(24)26-7-3)23-21(25)22(4,16-9-10-16)28-13-6-2/h11-12,15-16H,5-10,13-14H2,1-4H3,(H,23,25)/t22-/m0/s1. The molecule has 156 valence electrons. The number of benzene rings is 1. The van der Waals surface area contributed by atoms with Gasteiger partial charge in [0.15, 0.2) is 0 Å². The van der Waals surface area contributed by atoms with Gasteiger partial charge in [-0.05, 0) is 63.6 Å². The lowest BCUT2D eigenvalue weighted by Crippen LogP contribution is -2.45. The van der Waals surface area contributed by atoms with E-state index < -0.39 is 11.6 Å². The van der Waals surface area contributed by atoms with Crippen LogP contribution in [0.2, 0.25) is 0 Å². The highest BCUT2D eigenvalue weighted by Gasteiger charge is 2.48. The Kier molecular flexibility index (Phi) is 8.30. The zero-order valence-electron chi connectivity index (χ0n) is 17.5. The van der Waals surface area contributed by atoms with E-state index in [0.717, 1.165) is 32.1 Å². The van der Waals surface area contributed by atoms with E-state index in [0.29, 0.717) is 30.2 Å². The summed E-state index contributed by atoms with van der Waals surface area (Å²) in [4.78, 5) is 25.3. The molecular formula is C22H33NO5. The molecule has 0 bridgehead atoms. The Hall–Kier alpha value is -2.08. The summed E-state index contributed by atoms with van der Waals surface area (Å²) in [5.41, 5.74) is -0.00244. The van der Waals surface area contributed by atoms with Crippen molar-refractivity contribution in [1.82, 2.24) is 0 Å². The second kappa shape index (κ2) is 10.5. The Morgan fingerprint density at radius 3 is 2.50 bits per heavy atom. The number of hydrogen-bond acceptors (Lipinski definition) is 5. The quantitative estimate of drug-likeness (QED) is 0.417. The lowest BCUT2D eigenvalue weighted by atomic mass is 9.98. The van der Waals surface area contributed by atoms with E-state index in [4.69, 9.17) is 14.2 Å². The third-order valence-corrected chi connectivity index (χ3v) is 4.90. The van der Waals surface area contributed by atoms with E-state index in [1.165, 1.54) is 0 Å². The van der Waals surface area contributed by atoms with Gasteiger partial charge in [0.2, 0.25) is 0 Å². The molecule has 0 aliphatic heterocycles. The second-order valence-electron chi connectivity index (χ2n) is 7.32. The minimum absolute atomic E-state index is 0.182. The predicted octanol–water partition coefficient (Wildman–Crippen LogP) is 4.58. The average Bonchev–Trinajstić information content (AvgIpc) is 3.53. The largest absolute Gasteiger partial charge is 0.493 e. The number of rotatable bonds is 12. The SMILES string of the molecule is CCCCOc1ccc(NC(=O)[C@@](C)(OCCC)C2CC2)cc1C(=O)OCC. The minimum Gasteiger partial charge on any atom is -0.493 e. The van der Waals surface area contributed by atoms with Crippen LogP contribution in [0.3, 0.4) is 0 Å². The molecule has 1 atom stereocenters. The smallest absolute Gasteiger partial charge is 0.341 e. The van der Waals surface area contributed by atoms with Crippen molar-refractivity contribution in [1.29, 1.82) is 0 Å². The van der Waals surface area contributed by atoms with Crippen molar-refractivity contribution < 1.29 is 23.8 Å². The molecule has 1 aliphatic rings. The molecule has 6 heteroatoms. The van der Waals surface area contributed by atoms with Gasteiger partial charge >= 0.3 is 5.97 Å². The number of esters is 1. The first-order chi connectivity index (χ1) is 13.5. The van der Waals surface area contributed by atoms with Crippen LogP contribution in [-0.2, 0) is 14.3 Å². The van der Waals surface area contributed by atoms with Crippen LogP contribution in [0.4, 0.5) is 5.69 Å². The molecule has 1 aromatic carbocycles.